The van der Waals surface area contributed by atoms with Crippen LogP contribution in [0.1, 0.15) is 18.9 Å². The van der Waals surface area contributed by atoms with E-state index in [1.165, 1.54) is 0 Å². The first-order valence-electron chi connectivity index (χ1n) is 6.23. The number of nitrogens with zero attached hydrogens (tertiary/aromatic N) is 2. The van der Waals surface area contributed by atoms with Crippen LogP contribution in [0.3, 0.4) is 0 Å². The first kappa shape index (κ1) is 14.0. The molecule has 19 heavy (non-hydrogen) atoms. The Hall–Kier alpha value is -1.46. The molecule has 5 nitrogen and oxygen atoms in total. The number of nitrogens with two attached hydrogens (primary N) is 1. The summed E-state index contributed by atoms with van der Waals surface area (Å²) in [4.78, 5) is 2.09. The van der Waals surface area contributed by atoms with Crippen molar-refractivity contribution in [2.24, 2.45) is 16.8 Å². The van der Waals surface area contributed by atoms with Crippen LogP contribution in [0.2, 0.25) is 5.02 Å². The molecule has 104 valence electrons. The van der Waals surface area contributed by atoms with Gasteiger partial charge in [0.05, 0.1) is 12.6 Å². The van der Waals surface area contributed by atoms with E-state index in [9.17, 15) is 5.11 Å². The molecule has 6 heteroatoms. The molecule has 0 radical (unpaired) electrons. The van der Waals surface area contributed by atoms with Gasteiger partial charge in [-0.3, -0.25) is 0 Å². The Labute approximate surface area is 117 Å². The van der Waals surface area contributed by atoms with E-state index in [-0.39, 0.29) is 18.5 Å². The lowest BCUT2D eigenvalue weighted by molar-refractivity contribution is 0.244. The summed E-state index contributed by atoms with van der Waals surface area (Å²) in [6.07, 6.45) is 1.00. The molecule has 0 saturated carbocycles. The predicted octanol–water partition coefficient (Wildman–Crippen LogP) is 1.64. The van der Waals surface area contributed by atoms with Gasteiger partial charge in [0.1, 0.15) is 0 Å². The fourth-order valence-corrected chi connectivity index (χ4v) is 2.78. The number of amidine groups is 1. The molecule has 1 fully saturated rings. The van der Waals surface area contributed by atoms with Crippen LogP contribution in [0.4, 0.5) is 5.69 Å². The molecule has 2 rings (SSSR count). The zero-order valence-corrected chi connectivity index (χ0v) is 11.5. The van der Waals surface area contributed by atoms with Crippen LogP contribution in [-0.4, -0.2) is 35.3 Å². The van der Waals surface area contributed by atoms with Crippen LogP contribution in [-0.2, 0) is 0 Å². The molecule has 2 unspecified atom stereocenters. The summed E-state index contributed by atoms with van der Waals surface area (Å²) in [5, 5.41) is 22.0. The molecule has 1 heterocycles. The van der Waals surface area contributed by atoms with Crippen molar-refractivity contribution in [3.63, 3.8) is 0 Å². The summed E-state index contributed by atoms with van der Waals surface area (Å²) in [7, 11) is 0. The third kappa shape index (κ3) is 2.62. The van der Waals surface area contributed by atoms with Crippen molar-refractivity contribution < 1.29 is 10.3 Å². The minimum absolute atomic E-state index is 0.0220. The first-order valence-corrected chi connectivity index (χ1v) is 6.61. The number of halogens is 1. The van der Waals surface area contributed by atoms with E-state index >= 15 is 0 Å². The minimum atomic E-state index is 0.0220. The van der Waals surface area contributed by atoms with E-state index in [4.69, 9.17) is 22.5 Å². The second-order valence-corrected chi connectivity index (χ2v) is 5.29. The highest BCUT2D eigenvalue weighted by Crippen LogP contribution is 2.33. The minimum Gasteiger partial charge on any atom is -0.409 e. The van der Waals surface area contributed by atoms with Crippen molar-refractivity contribution >= 4 is 23.1 Å². The van der Waals surface area contributed by atoms with Crippen LogP contribution < -0.4 is 10.6 Å². The maximum Gasteiger partial charge on any atom is 0.172 e. The van der Waals surface area contributed by atoms with Gasteiger partial charge in [0, 0.05) is 22.8 Å². The topological polar surface area (TPSA) is 82.1 Å². The van der Waals surface area contributed by atoms with Gasteiger partial charge in [0.25, 0.3) is 0 Å². The molecule has 2 atom stereocenters. The summed E-state index contributed by atoms with van der Waals surface area (Å²) in [6.45, 7) is 3.03. The molecule has 0 aromatic heterocycles. The quantitative estimate of drug-likeness (QED) is 0.341. The van der Waals surface area contributed by atoms with Crippen LogP contribution in [0.25, 0.3) is 0 Å². The molecule has 0 spiro atoms. The molecule has 0 bridgehead atoms. The second kappa shape index (κ2) is 5.67. The van der Waals surface area contributed by atoms with Crippen LogP contribution in [0.15, 0.2) is 23.4 Å². The molecule has 1 aliphatic heterocycles. The third-order valence-corrected chi connectivity index (χ3v) is 3.96. The monoisotopic (exact) mass is 283 g/mol. The van der Waals surface area contributed by atoms with Crippen LogP contribution in [0, 0.1) is 5.92 Å². The summed E-state index contributed by atoms with van der Waals surface area (Å²) >= 11 is 5.96. The number of aliphatic hydroxyl groups excluding tert-OH is 1. The standard InChI is InChI=1S/C13H18ClN3O2/c1-8-4-5-17(12(8)7-18)11-3-2-9(14)6-10(11)13(15)16-19/h2-3,6,8,12,18-19H,4-5,7H2,1H3,(H2,15,16). The number of hydrogen-bond acceptors (Lipinski definition) is 4. The highest BCUT2D eigenvalue weighted by atomic mass is 35.5. The van der Waals surface area contributed by atoms with Crippen molar-refractivity contribution in [3.8, 4) is 0 Å². The molecule has 0 aliphatic carbocycles. The van der Waals surface area contributed by atoms with E-state index in [0.717, 1.165) is 18.7 Å². The number of anilines is 1. The van der Waals surface area contributed by atoms with Gasteiger partial charge in [-0.15, -0.1) is 0 Å². The van der Waals surface area contributed by atoms with E-state index < -0.39 is 0 Å². The normalized spacial score (nSPS) is 23.9. The van der Waals surface area contributed by atoms with Crippen molar-refractivity contribution in [2.75, 3.05) is 18.1 Å². The lowest BCUT2D eigenvalue weighted by atomic mass is 10.0. The van der Waals surface area contributed by atoms with Gasteiger partial charge in [0.15, 0.2) is 5.84 Å². The SMILES string of the molecule is CC1CCN(c2ccc(Cl)cc2/C(N)=N/O)C1CO. The average molecular weight is 284 g/mol. The molecular formula is C13H18ClN3O2. The summed E-state index contributed by atoms with van der Waals surface area (Å²) in [5.74, 6) is 0.426. The number of rotatable bonds is 3. The zero-order valence-electron chi connectivity index (χ0n) is 10.8. The van der Waals surface area contributed by atoms with Gasteiger partial charge in [-0.2, -0.15) is 0 Å². The summed E-state index contributed by atoms with van der Waals surface area (Å²) in [5.41, 5.74) is 7.13. The molecule has 1 aromatic carbocycles. The van der Waals surface area contributed by atoms with E-state index in [1.807, 2.05) is 6.07 Å². The molecule has 4 N–H and O–H groups in total. The van der Waals surface area contributed by atoms with E-state index in [2.05, 4.69) is 17.0 Å². The third-order valence-electron chi connectivity index (χ3n) is 3.72. The Morgan fingerprint density at radius 1 is 1.58 bits per heavy atom. The maximum atomic E-state index is 9.53. The summed E-state index contributed by atoms with van der Waals surface area (Å²) in [6, 6.07) is 5.33. The Morgan fingerprint density at radius 3 is 2.95 bits per heavy atom. The van der Waals surface area contributed by atoms with E-state index in [0.29, 0.717) is 16.5 Å². The molecule has 1 saturated heterocycles. The van der Waals surface area contributed by atoms with E-state index in [1.54, 1.807) is 12.1 Å². The highest BCUT2D eigenvalue weighted by Gasteiger charge is 2.32. The largest absolute Gasteiger partial charge is 0.409 e. The Morgan fingerprint density at radius 2 is 2.32 bits per heavy atom. The van der Waals surface area contributed by atoms with Gasteiger partial charge in [-0.1, -0.05) is 23.7 Å². The number of oxime groups is 1. The first-order chi connectivity index (χ1) is 9.08. The lowest BCUT2D eigenvalue weighted by Crippen LogP contribution is -2.36. The van der Waals surface area contributed by atoms with Gasteiger partial charge in [-0.25, -0.2) is 0 Å². The van der Waals surface area contributed by atoms with Gasteiger partial charge in [0.2, 0.25) is 0 Å². The predicted molar refractivity (Wildman–Crippen MR) is 76.0 cm³/mol. The Balaban J connectivity index is 2.45. The Bertz CT molecular complexity index is 493. The van der Waals surface area contributed by atoms with Crippen molar-refractivity contribution in [3.05, 3.63) is 28.8 Å². The highest BCUT2D eigenvalue weighted by molar-refractivity contribution is 6.31. The number of hydrogen-bond donors (Lipinski definition) is 3. The molecular weight excluding hydrogens is 266 g/mol. The van der Waals surface area contributed by atoms with Crippen LogP contribution >= 0.6 is 11.6 Å². The van der Waals surface area contributed by atoms with Gasteiger partial charge in [-0.05, 0) is 30.5 Å². The lowest BCUT2D eigenvalue weighted by Gasteiger charge is -2.29. The Kier molecular flexibility index (Phi) is 4.17. The van der Waals surface area contributed by atoms with Gasteiger partial charge >= 0.3 is 0 Å². The maximum absolute atomic E-state index is 9.53. The number of benzene rings is 1. The van der Waals surface area contributed by atoms with Crippen molar-refractivity contribution in [1.82, 2.24) is 0 Å². The fourth-order valence-electron chi connectivity index (χ4n) is 2.60. The molecule has 1 aromatic rings. The van der Waals surface area contributed by atoms with Crippen LogP contribution in [0.5, 0.6) is 0 Å². The fraction of sp³-hybridized carbons (Fsp3) is 0.462. The zero-order chi connectivity index (χ0) is 14.0. The average Bonchev–Trinajstić information content (AvgIpc) is 2.78. The molecule has 0 amide bonds. The van der Waals surface area contributed by atoms with Crippen molar-refractivity contribution in [2.45, 2.75) is 19.4 Å². The van der Waals surface area contributed by atoms with Gasteiger partial charge < -0.3 is 20.9 Å². The molecule has 1 aliphatic rings. The second-order valence-electron chi connectivity index (χ2n) is 4.86. The number of aliphatic hydroxyl groups is 1. The smallest absolute Gasteiger partial charge is 0.172 e. The van der Waals surface area contributed by atoms with Crippen molar-refractivity contribution in [1.29, 1.82) is 0 Å². The summed E-state index contributed by atoms with van der Waals surface area (Å²) < 4.78 is 0.